The van der Waals surface area contributed by atoms with Crippen molar-refractivity contribution in [2.24, 2.45) is 0 Å². The van der Waals surface area contributed by atoms with Crippen LogP contribution in [0.4, 0.5) is 11.6 Å². The van der Waals surface area contributed by atoms with Gasteiger partial charge >= 0.3 is 0 Å². The summed E-state index contributed by atoms with van der Waals surface area (Å²) in [5, 5.41) is 22.9. The lowest BCUT2D eigenvalue weighted by atomic mass is 10.1. The van der Waals surface area contributed by atoms with E-state index < -0.39 is 0 Å². The second-order valence-electron chi connectivity index (χ2n) is 6.68. The van der Waals surface area contributed by atoms with Crippen molar-refractivity contribution in [1.29, 1.82) is 5.26 Å². The Balaban J connectivity index is 1.58. The minimum Gasteiger partial charge on any atom is -0.496 e. The van der Waals surface area contributed by atoms with Crippen LogP contribution in [-0.2, 0) is 4.74 Å². The first-order valence-corrected chi connectivity index (χ1v) is 9.91. The number of benzene rings is 1. The average molecular weight is 442 g/mol. The van der Waals surface area contributed by atoms with Crippen LogP contribution in [-0.4, -0.2) is 59.7 Å². The third-order valence-corrected chi connectivity index (χ3v) is 4.77. The second-order valence-corrected chi connectivity index (χ2v) is 7.12. The van der Waals surface area contributed by atoms with Crippen LogP contribution >= 0.6 is 11.6 Å². The highest BCUT2D eigenvalue weighted by Gasteiger charge is 2.20. The summed E-state index contributed by atoms with van der Waals surface area (Å²) in [6.07, 6.45) is 2.79. The van der Waals surface area contributed by atoms with Gasteiger partial charge in [-0.15, -0.1) is 0 Å². The molecule has 4 rings (SSSR count). The zero-order chi connectivity index (χ0) is 21.6. The van der Waals surface area contributed by atoms with Gasteiger partial charge < -0.3 is 24.8 Å². The van der Waals surface area contributed by atoms with Crippen molar-refractivity contribution < 1.29 is 14.2 Å². The Morgan fingerprint density at radius 2 is 2.13 bits per heavy atom. The molecule has 3 heterocycles. The summed E-state index contributed by atoms with van der Waals surface area (Å²) >= 11 is 6.27. The quantitative estimate of drug-likeness (QED) is 0.506. The molecule has 10 nitrogen and oxygen atoms in total. The van der Waals surface area contributed by atoms with Crippen molar-refractivity contribution in [2.45, 2.75) is 6.10 Å². The van der Waals surface area contributed by atoms with Gasteiger partial charge in [-0.1, -0.05) is 11.6 Å². The highest BCUT2D eigenvalue weighted by atomic mass is 35.5. The number of morpholine rings is 1. The van der Waals surface area contributed by atoms with Gasteiger partial charge in [0.25, 0.3) is 0 Å². The molecule has 1 aliphatic heterocycles. The number of nitrogens with one attached hydrogen (secondary N) is 3. The van der Waals surface area contributed by atoms with Gasteiger partial charge in [-0.2, -0.15) is 10.4 Å². The first-order chi connectivity index (χ1) is 15.2. The van der Waals surface area contributed by atoms with E-state index in [1.807, 2.05) is 6.07 Å². The van der Waals surface area contributed by atoms with Crippen molar-refractivity contribution in [3.8, 4) is 28.8 Å². The monoisotopic (exact) mass is 441 g/mol. The van der Waals surface area contributed by atoms with E-state index in [0.29, 0.717) is 52.6 Å². The van der Waals surface area contributed by atoms with Crippen molar-refractivity contribution in [3.05, 3.63) is 41.3 Å². The van der Waals surface area contributed by atoms with Crippen LogP contribution in [0.3, 0.4) is 0 Å². The van der Waals surface area contributed by atoms with E-state index in [-0.39, 0.29) is 11.8 Å². The Bertz CT molecular complexity index is 1080. The molecule has 31 heavy (non-hydrogen) atoms. The summed E-state index contributed by atoms with van der Waals surface area (Å²) in [6, 6.07) is 7.16. The number of nitrogens with zero attached hydrogens (tertiary/aromatic N) is 4. The number of nitriles is 1. The normalized spacial score (nSPS) is 15.8. The van der Waals surface area contributed by atoms with Crippen LogP contribution in [0.2, 0.25) is 5.02 Å². The van der Waals surface area contributed by atoms with E-state index in [9.17, 15) is 0 Å². The Hall–Kier alpha value is -3.39. The predicted molar refractivity (Wildman–Crippen MR) is 114 cm³/mol. The molecule has 0 radical (unpaired) electrons. The maximum Gasteiger partial charge on any atom is 0.158 e. The number of hydrogen-bond acceptors (Lipinski definition) is 9. The lowest BCUT2D eigenvalue weighted by molar-refractivity contribution is 0.000282. The fourth-order valence-electron chi connectivity index (χ4n) is 3.10. The van der Waals surface area contributed by atoms with Crippen LogP contribution < -0.4 is 20.1 Å². The molecule has 2 aromatic heterocycles. The van der Waals surface area contributed by atoms with E-state index in [0.717, 1.165) is 13.1 Å². The summed E-state index contributed by atoms with van der Waals surface area (Å²) in [5.74, 6) is 2.06. The predicted octanol–water partition coefficient (Wildman–Crippen LogP) is 2.51. The van der Waals surface area contributed by atoms with Crippen LogP contribution in [0.15, 0.2) is 30.6 Å². The summed E-state index contributed by atoms with van der Waals surface area (Å²) in [6.45, 7) is 2.56. The molecular formula is C20H20ClN7O3. The third kappa shape index (κ3) is 5.03. The fourth-order valence-corrected chi connectivity index (χ4v) is 3.30. The van der Waals surface area contributed by atoms with Crippen LogP contribution in [0, 0.1) is 11.3 Å². The first kappa shape index (κ1) is 20.9. The molecule has 160 valence electrons. The Morgan fingerprint density at radius 3 is 2.84 bits per heavy atom. The van der Waals surface area contributed by atoms with Crippen LogP contribution in [0.5, 0.6) is 11.5 Å². The summed E-state index contributed by atoms with van der Waals surface area (Å²) < 4.78 is 17.3. The number of H-pyrrole nitrogens is 1. The third-order valence-electron chi connectivity index (χ3n) is 4.55. The van der Waals surface area contributed by atoms with Crippen molar-refractivity contribution in [3.63, 3.8) is 0 Å². The van der Waals surface area contributed by atoms with E-state index in [4.69, 9.17) is 31.1 Å². The van der Waals surface area contributed by atoms with E-state index in [1.54, 1.807) is 25.3 Å². The van der Waals surface area contributed by atoms with Crippen molar-refractivity contribution in [2.75, 3.05) is 38.7 Å². The zero-order valence-corrected chi connectivity index (χ0v) is 17.4. The minimum absolute atomic E-state index is 0.0551. The molecule has 1 aliphatic rings. The number of halogens is 1. The number of ether oxygens (including phenoxy) is 3. The summed E-state index contributed by atoms with van der Waals surface area (Å²) in [4.78, 5) is 8.12. The van der Waals surface area contributed by atoms with Gasteiger partial charge in [0.1, 0.15) is 36.1 Å². The fraction of sp³-hybridized carbons (Fsp3) is 0.300. The molecule has 0 bridgehead atoms. The Kier molecular flexibility index (Phi) is 6.47. The molecule has 0 amide bonds. The topological polar surface area (TPSA) is 130 Å². The van der Waals surface area contributed by atoms with Gasteiger partial charge in [-0.25, -0.2) is 9.97 Å². The number of aromatic amines is 1. The van der Waals surface area contributed by atoms with Gasteiger partial charge in [0, 0.05) is 24.2 Å². The number of rotatable bonds is 7. The van der Waals surface area contributed by atoms with Gasteiger partial charge in [0.05, 0.1) is 37.4 Å². The highest BCUT2D eigenvalue weighted by Crippen LogP contribution is 2.41. The minimum atomic E-state index is -0.0551. The van der Waals surface area contributed by atoms with Crippen LogP contribution in [0.25, 0.3) is 11.3 Å². The van der Waals surface area contributed by atoms with E-state index >= 15 is 0 Å². The molecule has 0 aliphatic carbocycles. The molecule has 1 fully saturated rings. The van der Waals surface area contributed by atoms with Crippen molar-refractivity contribution >= 4 is 23.2 Å². The molecule has 3 N–H and O–H groups in total. The van der Waals surface area contributed by atoms with Crippen molar-refractivity contribution in [1.82, 2.24) is 25.5 Å². The largest absolute Gasteiger partial charge is 0.496 e. The molecule has 0 spiro atoms. The Morgan fingerprint density at radius 1 is 1.26 bits per heavy atom. The van der Waals surface area contributed by atoms with E-state index in [1.165, 1.54) is 12.4 Å². The second kappa shape index (κ2) is 9.61. The SMILES string of the molecule is COc1cc(Cl)cc(OC[C@@H]2CNCCO2)c1-c1cc(Nc2cnc(C#N)cn2)n[nH]1. The Labute approximate surface area is 183 Å². The van der Waals surface area contributed by atoms with Gasteiger partial charge in [-0.05, 0) is 12.1 Å². The highest BCUT2D eigenvalue weighted by molar-refractivity contribution is 6.31. The summed E-state index contributed by atoms with van der Waals surface area (Å²) in [5.41, 5.74) is 1.58. The maximum atomic E-state index is 8.83. The number of hydrogen-bond donors (Lipinski definition) is 3. The smallest absolute Gasteiger partial charge is 0.158 e. The van der Waals surface area contributed by atoms with Gasteiger partial charge in [-0.3, -0.25) is 5.10 Å². The molecule has 1 aromatic carbocycles. The molecule has 0 unspecified atom stereocenters. The standard InChI is InChI=1S/C20H20ClN7O3/c1-29-16-4-12(21)5-17(31-11-14-9-23-2-3-30-14)20(16)15-6-18(28-27-15)26-19-10-24-13(7-22)8-25-19/h4-6,8,10,14,23H,2-3,9,11H2,1H3,(H2,25,26,27,28)/t14-/m0/s1. The number of methoxy groups -OCH3 is 1. The molecule has 3 aromatic rings. The number of anilines is 2. The summed E-state index contributed by atoms with van der Waals surface area (Å²) in [7, 11) is 1.56. The van der Waals surface area contributed by atoms with Crippen LogP contribution in [0.1, 0.15) is 5.69 Å². The first-order valence-electron chi connectivity index (χ1n) is 9.54. The maximum absolute atomic E-state index is 8.83. The lowest BCUT2D eigenvalue weighted by Crippen LogP contribution is -2.41. The van der Waals surface area contributed by atoms with E-state index in [2.05, 4.69) is 30.8 Å². The molecule has 11 heteroatoms. The average Bonchev–Trinajstić information content (AvgIpc) is 3.26. The lowest BCUT2D eigenvalue weighted by Gasteiger charge is -2.24. The molecule has 1 saturated heterocycles. The molecular weight excluding hydrogens is 422 g/mol. The molecule has 1 atom stereocenters. The number of aromatic nitrogens is 4. The van der Waals surface area contributed by atoms with Gasteiger partial charge in [0.15, 0.2) is 11.5 Å². The molecule has 0 saturated carbocycles. The van der Waals surface area contributed by atoms with Gasteiger partial charge in [0.2, 0.25) is 0 Å². The zero-order valence-electron chi connectivity index (χ0n) is 16.7.